The minimum atomic E-state index is -0.471. The Kier molecular flexibility index (Phi) is 6.69. The molecule has 1 aromatic carbocycles. The number of carbonyl (C=O) groups excluding carboxylic acids is 1. The summed E-state index contributed by atoms with van der Waals surface area (Å²) in [5.41, 5.74) is 1.84. The molecule has 0 fully saturated rings. The second-order valence-electron chi connectivity index (χ2n) is 6.31. The third kappa shape index (κ3) is 7.14. The maximum Gasteiger partial charge on any atom is 0.407 e. The zero-order valence-corrected chi connectivity index (χ0v) is 13.8. The summed E-state index contributed by atoms with van der Waals surface area (Å²) >= 11 is 0. The van der Waals surface area contributed by atoms with Crippen molar-refractivity contribution in [3.63, 3.8) is 0 Å². The van der Waals surface area contributed by atoms with E-state index >= 15 is 0 Å². The number of alkyl carbamates (subject to hydrolysis) is 1. The Hall–Kier alpha value is -1.55. The fourth-order valence-corrected chi connectivity index (χ4v) is 1.81. The second-order valence-corrected chi connectivity index (χ2v) is 6.31. The normalized spacial score (nSPS) is 12.8. The van der Waals surface area contributed by atoms with Crippen LogP contribution in [0.1, 0.15) is 52.2 Å². The van der Waals surface area contributed by atoms with Gasteiger partial charge < -0.3 is 15.4 Å². The van der Waals surface area contributed by atoms with Gasteiger partial charge in [-0.2, -0.15) is 0 Å². The van der Waals surface area contributed by atoms with Crippen molar-refractivity contribution in [3.8, 4) is 0 Å². The van der Waals surface area contributed by atoms with Crippen molar-refractivity contribution in [1.82, 2.24) is 10.6 Å². The van der Waals surface area contributed by atoms with E-state index in [9.17, 15) is 4.79 Å². The van der Waals surface area contributed by atoms with Gasteiger partial charge >= 0.3 is 6.09 Å². The average Bonchev–Trinajstić information content (AvgIpc) is 2.41. The van der Waals surface area contributed by atoms with Gasteiger partial charge in [-0.1, -0.05) is 31.2 Å². The summed E-state index contributed by atoms with van der Waals surface area (Å²) in [4.78, 5) is 11.7. The van der Waals surface area contributed by atoms with E-state index in [0.717, 1.165) is 18.5 Å². The lowest BCUT2D eigenvalue weighted by Gasteiger charge is -2.20. The molecule has 1 unspecified atom stereocenters. The molecular formula is C17H28N2O2. The molecule has 1 aromatic rings. The lowest BCUT2D eigenvalue weighted by Crippen LogP contribution is -2.32. The van der Waals surface area contributed by atoms with Crippen molar-refractivity contribution in [2.24, 2.45) is 0 Å². The fourth-order valence-electron chi connectivity index (χ4n) is 1.81. The summed E-state index contributed by atoms with van der Waals surface area (Å²) in [6.07, 6.45) is 0.713. The number of benzene rings is 1. The van der Waals surface area contributed by atoms with Gasteiger partial charge in [0, 0.05) is 19.1 Å². The first-order chi connectivity index (χ1) is 9.81. The van der Waals surface area contributed by atoms with Gasteiger partial charge in [-0.05, 0) is 45.2 Å². The first-order valence-corrected chi connectivity index (χ1v) is 7.59. The van der Waals surface area contributed by atoms with Gasteiger partial charge in [-0.15, -0.1) is 0 Å². The highest BCUT2D eigenvalue weighted by atomic mass is 16.6. The molecule has 118 valence electrons. The van der Waals surface area contributed by atoms with Gasteiger partial charge in [0.15, 0.2) is 0 Å². The van der Waals surface area contributed by atoms with E-state index in [1.165, 1.54) is 5.56 Å². The molecular weight excluding hydrogens is 264 g/mol. The Morgan fingerprint density at radius 1 is 1.19 bits per heavy atom. The molecule has 0 radical (unpaired) electrons. The van der Waals surface area contributed by atoms with E-state index in [2.05, 4.69) is 30.5 Å². The number of nitrogens with one attached hydrogen (secondary N) is 2. The Morgan fingerprint density at radius 2 is 1.76 bits per heavy atom. The van der Waals surface area contributed by atoms with Gasteiger partial charge in [-0.3, -0.25) is 0 Å². The van der Waals surface area contributed by atoms with Crippen molar-refractivity contribution >= 4 is 6.09 Å². The Balaban J connectivity index is 2.57. The van der Waals surface area contributed by atoms with Crippen molar-refractivity contribution in [3.05, 3.63) is 35.4 Å². The monoisotopic (exact) mass is 292 g/mol. The molecule has 1 rings (SSSR count). The van der Waals surface area contributed by atoms with E-state index in [0.29, 0.717) is 12.6 Å². The van der Waals surface area contributed by atoms with Crippen molar-refractivity contribution in [2.45, 2.75) is 65.8 Å². The van der Waals surface area contributed by atoms with E-state index in [4.69, 9.17) is 4.74 Å². The third-order valence-electron chi connectivity index (χ3n) is 3.19. The minimum Gasteiger partial charge on any atom is -0.444 e. The van der Waals surface area contributed by atoms with Crippen LogP contribution in [-0.4, -0.2) is 17.7 Å². The van der Waals surface area contributed by atoms with E-state index in [1.807, 2.05) is 39.0 Å². The Bertz CT molecular complexity index is 452. The molecule has 0 spiro atoms. The number of hydrogen-bond donors (Lipinski definition) is 2. The summed E-state index contributed by atoms with van der Waals surface area (Å²) in [7, 11) is 0. The van der Waals surface area contributed by atoms with Gasteiger partial charge in [0.25, 0.3) is 0 Å². The number of amides is 1. The van der Waals surface area contributed by atoms with Crippen LogP contribution in [-0.2, 0) is 17.8 Å². The molecule has 1 atom stereocenters. The zero-order valence-electron chi connectivity index (χ0n) is 13.8. The molecule has 1 amide bonds. The average molecular weight is 292 g/mol. The van der Waals surface area contributed by atoms with Gasteiger partial charge in [-0.25, -0.2) is 4.79 Å². The first kappa shape index (κ1) is 17.5. The standard InChI is InChI=1S/C17H28N2O2/c1-6-13(2)18-11-14-9-7-8-10-15(14)12-19-16(20)21-17(3,4)5/h7-10,13,18H,6,11-12H2,1-5H3,(H,19,20). The first-order valence-electron chi connectivity index (χ1n) is 7.59. The maximum atomic E-state index is 11.7. The highest BCUT2D eigenvalue weighted by molar-refractivity contribution is 5.67. The summed E-state index contributed by atoms with van der Waals surface area (Å²) in [6.45, 7) is 11.2. The SMILES string of the molecule is CCC(C)NCc1ccccc1CNC(=O)OC(C)(C)C. The minimum absolute atomic E-state index is 0.382. The molecule has 2 N–H and O–H groups in total. The Morgan fingerprint density at radius 3 is 2.29 bits per heavy atom. The molecule has 0 bridgehead atoms. The predicted octanol–water partition coefficient (Wildman–Crippen LogP) is 3.60. The molecule has 0 saturated heterocycles. The Labute approximate surface area is 128 Å². The fraction of sp³-hybridized carbons (Fsp3) is 0.588. The number of carbonyl (C=O) groups is 1. The van der Waals surface area contributed by atoms with Crippen molar-refractivity contribution < 1.29 is 9.53 Å². The molecule has 0 heterocycles. The van der Waals surface area contributed by atoms with Crippen LogP contribution in [0.2, 0.25) is 0 Å². The lowest BCUT2D eigenvalue weighted by molar-refractivity contribution is 0.0523. The summed E-state index contributed by atoms with van der Waals surface area (Å²) in [6, 6.07) is 8.60. The van der Waals surface area contributed by atoms with E-state index in [-0.39, 0.29) is 6.09 Å². The van der Waals surface area contributed by atoms with Crippen LogP contribution >= 0.6 is 0 Å². The van der Waals surface area contributed by atoms with Crippen LogP contribution in [0.5, 0.6) is 0 Å². The smallest absolute Gasteiger partial charge is 0.407 e. The van der Waals surface area contributed by atoms with Crippen LogP contribution in [0.15, 0.2) is 24.3 Å². The van der Waals surface area contributed by atoms with E-state index in [1.54, 1.807) is 0 Å². The van der Waals surface area contributed by atoms with Crippen LogP contribution < -0.4 is 10.6 Å². The van der Waals surface area contributed by atoms with Crippen LogP contribution in [0.4, 0.5) is 4.79 Å². The quantitative estimate of drug-likeness (QED) is 0.842. The van der Waals surface area contributed by atoms with Gasteiger partial charge in [0.2, 0.25) is 0 Å². The zero-order chi connectivity index (χ0) is 15.9. The van der Waals surface area contributed by atoms with Crippen molar-refractivity contribution in [2.75, 3.05) is 0 Å². The predicted molar refractivity (Wildman–Crippen MR) is 86.1 cm³/mol. The molecule has 0 aliphatic heterocycles. The summed E-state index contributed by atoms with van der Waals surface area (Å²) in [5, 5.41) is 6.28. The molecule has 0 aliphatic rings. The molecule has 4 heteroatoms. The summed E-state index contributed by atoms with van der Waals surface area (Å²) in [5.74, 6) is 0. The van der Waals surface area contributed by atoms with Crippen molar-refractivity contribution in [1.29, 1.82) is 0 Å². The second kappa shape index (κ2) is 8.03. The molecule has 4 nitrogen and oxygen atoms in total. The maximum absolute atomic E-state index is 11.7. The molecule has 0 aliphatic carbocycles. The number of rotatable bonds is 6. The number of hydrogen-bond acceptors (Lipinski definition) is 3. The largest absolute Gasteiger partial charge is 0.444 e. The van der Waals surface area contributed by atoms with Crippen LogP contribution in [0, 0.1) is 0 Å². The molecule has 0 saturated carbocycles. The lowest BCUT2D eigenvalue weighted by atomic mass is 10.1. The van der Waals surface area contributed by atoms with Crippen LogP contribution in [0.3, 0.4) is 0 Å². The summed E-state index contributed by atoms with van der Waals surface area (Å²) < 4.78 is 5.25. The topological polar surface area (TPSA) is 50.4 Å². The van der Waals surface area contributed by atoms with Gasteiger partial charge in [0.1, 0.15) is 5.60 Å². The van der Waals surface area contributed by atoms with E-state index < -0.39 is 5.60 Å². The molecule has 21 heavy (non-hydrogen) atoms. The molecule has 0 aromatic heterocycles. The van der Waals surface area contributed by atoms with Crippen LogP contribution in [0.25, 0.3) is 0 Å². The van der Waals surface area contributed by atoms with Gasteiger partial charge in [0.05, 0.1) is 0 Å². The highest BCUT2D eigenvalue weighted by Crippen LogP contribution is 2.10. The number of ether oxygens (including phenoxy) is 1. The third-order valence-corrected chi connectivity index (χ3v) is 3.19. The highest BCUT2D eigenvalue weighted by Gasteiger charge is 2.16.